The van der Waals surface area contributed by atoms with Crippen molar-refractivity contribution in [3.05, 3.63) is 97.1 Å². The van der Waals surface area contributed by atoms with Crippen LogP contribution in [0.25, 0.3) is 0 Å². The SMILES string of the molecule is COc1ccccc1NS(=O)(=O)c1cccc(C(=O)Nc2ccccc2OCCn2ccnc2)c1. The van der Waals surface area contributed by atoms with Gasteiger partial charge < -0.3 is 19.4 Å². The Morgan fingerprint density at radius 2 is 1.71 bits per heavy atom. The van der Waals surface area contributed by atoms with E-state index in [-0.39, 0.29) is 10.5 Å². The van der Waals surface area contributed by atoms with E-state index in [1.807, 2.05) is 10.8 Å². The molecule has 1 amide bonds. The number of ether oxygens (including phenoxy) is 2. The molecule has 2 N–H and O–H groups in total. The summed E-state index contributed by atoms with van der Waals surface area (Å²) in [4.78, 5) is 16.9. The van der Waals surface area contributed by atoms with Crippen molar-refractivity contribution in [2.24, 2.45) is 0 Å². The first-order chi connectivity index (χ1) is 17.0. The van der Waals surface area contributed by atoms with Gasteiger partial charge in [0.25, 0.3) is 15.9 Å². The molecule has 180 valence electrons. The van der Waals surface area contributed by atoms with Crippen molar-refractivity contribution in [3.63, 3.8) is 0 Å². The zero-order chi connectivity index (χ0) is 24.7. The second-order valence-corrected chi connectivity index (χ2v) is 9.12. The largest absolute Gasteiger partial charge is 0.495 e. The van der Waals surface area contributed by atoms with Gasteiger partial charge in [-0.25, -0.2) is 13.4 Å². The highest BCUT2D eigenvalue weighted by Crippen LogP contribution is 2.27. The van der Waals surface area contributed by atoms with Crippen LogP contribution in [0.5, 0.6) is 11.5 Å². The number of benzene rings is 3. The van der Waals surface area contributed by atoms with Crippen molar-refractivity contribution in [3.8, 4) is 11.5 Å². The molecule has 35 heavy (non-hydrogen) atoms. The maximum Gasteiger partial charge on any atom is 0.262 e. The minimum atomic E-state index is -3.96. The summed E-state index contributed by atoms with van der Waals surface area (Å²) >= 11 is 0. The van der Waals surface area contributed by atoms with Crippen LogP contribution in [0.15, 0.2) is 96.4 Å². The summed E-state index contributed by atoms with van der Waals surface area (Å²) < 4.78 is 41.3. The van der Waals surface area contributed by atoms with Crippen molar-refractivity contribution < 1.29 is 22.7 Å². The van der Waals surface area contributed by atoms with E-state index < -0.39 is 15.9 Å². The lowest BCUT2D eigenvalue weighted by molar-refractivity contribution is 0.102. The summed E-state index contributed by atoms with van der Waals surface area (Å²) in [6.07, 6.45) is 5.22. The summed E-state index contributed by atoms with van der Waals surface area (Å²) in [7, 11) is -2.50. The molecular formula is C25H24N4O5S. The van der Waals surface area contributed by atoms with Gasteiger partial charge in [0, 0.05) is 18.0 Å². The number of aromatic nitrogens is 2. The molecular weight excluding hydrogens is 468 g/mol. The first kappa shape index (κ1) is 23.8. The summed E-state index contributed by atoms with van der Waals surface area (Å²) in [5.74, 6) is 0.419. The number of para-hydroxylation sites is 4. The van der Waals surface area contributed by atoms with E-state index in [1.54, 1.807) is 67.1 Å². The Bertz CT molecular complexity index is 1400. The number of rotatable bonds is 10. The van der Waals surface area contributed by atoms with Crippen LogP contribution in [0, 0.1) is 0 Å². The van der Waals surface area contributed by atoms with Gasteiger partial charge in [0.1, 0.15) is 18.1 Å². The van der Waals surface area contributed by atoms with Crippen molar-refractivity contribution in [2.45, 2.75) is 11.4 Å². The third kappa shape index (κ3) is 5.98. The normalized spacial score (nSPS) is 11.0. The average molecular weight is 493 g/mol. The van der Waals surface area contributed by atoms with Gasteiger partial charge in [0.15, 0.2) is 0 Å². The van der Waals surface area contributed by atoms with E-state index in [0.29, 0.717) is 36.0 Å². The van der Waals surface area contributed by atoms with Gasteiger partial charge in [-0.3, -0.25) is 9.52 Å². The minimum Gasteiger partial charge on any atom is -0.495 e. The lowest BCUT2D eigenvalue weighted by atomic mass is 10.2. The average Bonchev–Trinajstić information content (AvgIpc) is 3.39. The molecule has 0 aliphatic heterocycles. The molecule has 9 nitrogen and oxygen atoms in total. The predicted molar refractivity (Wildman–Crippen MR) is 132 cm³/mol. The zero-order valence-electron chi connectivity index (χ0n) is 18.9. The summed E-state index contributed by atoms with van der Waals surface area (Å²) in [5, 5.41) is 2.80. The van der Waals surface area contributed by atoms with Crippen LogP contribution in [0.2, 0.25) is 0 Å². The maximum absolute atomic E-state index is 13.0. The van der Waals surface area contributed by atoms with Crippen molar-refractivity contribution in [1.29, 1.82) is 0 Å². The molecule has 0 aliphatic rings. The van der Waals surface area contributed by atoms with E-state index in [1.165, 1.54) is 25.3 Å². The highest BCUT2D eigenvalue weighted by Gasteiger charge is 2.19. The van der Waals surface area contributed by atoms with E-state index in [4.69, 9.17) is 9.47 Å². The Balaban J connectivity index is 1.47. The molecule has 0 spiro atoms. The topological polar surface area (TPSA) is 112 Å². The van der Waals surface area contributed by atoms with Gasteiger partial charge in [0.2, 0.25) is 0 Å². The molecule has 0 aliphatic carbocycles. The maximum atomic E-state index is 13.0. The van der Waals surface area contributed by atoms with Crippen LogP contribution in [-0.2, 0) is 16.6 Å². The number of hydrogen-bond donors (Lipinski definition) is 2. The molecule has 1 aromatic heterocycles. The number of nitrogens with one attached hydrogen (secondary N) is 2. The Hall–Kier alpha value is -4.31. The van der Waals surface area contributed by atoms with E-state index in [9.17, 15) is 13.2 Å². The second-order valence-electron chi connectivity index (χ2n) is 7.43. The van der Waals surface area contributed by atoms with Crippen molar-refractivity contribution in [1.82, 2.24) is 9.55 Å². The number of amides is 1. The highest BCUT2D eigenvalue weighted by atomic mass is 32.2. The van der Waals surface area contributed by atoms with Gasteiger partial charge >= 0.3 is 0 Å². The molecule has 4 rings (SSSR count). The molecule has 0 fully saturated rings. The van der Waals surface area contributed by atoms with E-state index in [0.717, 1.165) is 0 Å². The van der Waals surface area contributed by atoms with Crippen LogP contribution in [0.3, 0.4) is 0 Å². The van der Waals surface area contributed by atoms with E-state index >= 15 is 0 Å². The first-order valence-electron chi connectivity index (χ1n) is 10.7. The Kier molecular flexibility index (Phi) is 7.32. The summed E-state index contributed by atoms with van der Waals surface area (Å²) in [6.45, 7) is 0.979. The standard InChI is InChI=1S/C25H24N4O5S/c1-33-23-11-4-3-10-22(23)28-35(31,32)20-8-6-7-19(17-20)25(30)27-21-9-2-5-12-24(21)34-16-15-29-14-13-26-18-29/h2-14,17-18,28H,15-16H2,1H3,(H,27,30). The molecule has 0 saturated heterocycles. The van der Waals surface area contributed by atoms with Crippen molar-refractivity contribution in [2.75, 3.05) is 23.8 Å². The van der Waals surface area contributed by atoms with Crippen LogP contribution in [0.4, 0.5) is 11.4 Å². The van der Waals surface area contributed by atoms with Gasteiger partial charge in [-0.15, -0.1) is 0 Å². The van der Waals surface area contributed by atoms with Crippen LogP contribution >= 0.6 is 0 Å². The summed E-state index contributed by atoms with van der Waals surface area (Å²) in [6, 6.07) is 19.5. The number of methoxy groups -OCH3 is 1. The molecule has 0 unspecified atom stereocenters. The number of carbonyl (C=O) groups is 1. The molecule has 0 saturated carbocycles. The number of sulfonamides is 1. The number of hydrogen-bond acceptors (Lipinski definition) is 6. The highest BCUT2D eigenvalue weighted by molar-refractivity contribution is 7.92. The number of nitrogens with zero attached hydrogens (tertiary/aromatic N) is 2. The quantitative estimate of drug-likeness (QED) is 0.346. The zero-order valence-corrected chi connectivity index (χ0v) is 19.7. The Morgan fingerprint density at radius 3 is 2.46 bits per heavy atom. The van der Waals surface area contributed by atoms with Gasteiger partial charge in [-0.1, -0.05) is 30.3 Å². The Labute approximate surface area is 203 Å². The fraction of sp³-hybridized carbons (Fsp3) is 0.120. The molecule has 0 atom stereocenters. The van der Waals surface area contributed by atoms with Crippen molar-refractivity contribution >= 4 is 27.3 Å². The Morgan fingerprint density at radius 1 is 0.971 bits per heavy atom. The summed E-state index contributed by atoms with van der Waals surface area (Å²) in [5.41, 5.74) is 0.955. The van der Waals surface area contributed by atoms with Crippen LogP contribution in [0.1, 0.15) is 10.4 Å². The molecule has 0 radical (unpaired) electrons. The molecule has 0 bridgehead atoms. The molecule has 1 heterocycles. The van der Waals surface area contributed by atoms with E-state index in [2.05, 4.69) is 15.0 Å². The fourth-order valence-corrected chi connectivity index (χ4v) is 4.42. The first-order valence-corrected chi connectivity index (χ1v) is 12.2. The molecule has 4 aromatic rings. The third-order valence-corrected chi connectivity index (χ3v) is 6.42. The smallest absolute Gasteiger partial charge is 0.262 e. The molecule has 3 aromatic carbocycles. The van der Waals surface area contributed by atoms with Gasteiger partial charge in [-0.2, -0.15) is 0 Å². The lowest BCUT2D eigenvalue weighted by Gasteiger charge is -2.14. The number of imidazole rings is 1. The van der Waals surface area contributed by atoms with Crippen LogP contribution < -0.4 is 19.5 Å². The van der Waals surface area contributed by atoms with Crippen LogP contribution in [-0.4, -0.2) is 37.6 Å². The minimum absolute atomic E-state index is 0.0547. The van der Waals surface area contributed by atoms with Gasteiger partial charge in [0.05, 0.1) is 36.3 Å². The van der Waals surface area contributed by atoms with Gasteiger partial charge in [-0.05, 0) is 42.5 Å². The predicted octanol–water partition coefficient (Wildman–Crippen LogP) is 4.02. The number of carbonyl (C=O) groups excluding carboxylic acids is 1. The molecule has 10 heteroatoms. The monoisotopic (exact) mass is 492 g/mol. The second kappa shape index (κ2) is 10.7. The lowest BCUT2D eigenvalue weighted by Crippen LogP contribution is -2.17. The third-order valence-electron chi connectivity index (χ3n) is 5.06. The fourth-order valence-electron chi connectivity index (χ4n) is 3.31. The number of anilines is 2.